The fourth-order valence-corrected chi connectivity index (χ4v) is 3.44. The van der Waals surface area contributed by atoms with Crippen molar-refractivity contribution >= 4 is 0 Å². The van der Waals surface area contributed by atoms with Crippen LogP contribution in [0.25, 0.3) is 20.9 Å². The Morgan fingerprint density at radius 2 is 1.72 bits per heavy atom. The first-order valence-electron chi connectivity index (χ1n) is 9.48. The molecular formula is C18H24N6O5. The highest BCUT2D eigenvalue weighted by Gasteiger charge is 2.47. The van der Waals surface area contributed by atoms with Crippen molar-refractivity contribution in [3.05, 3.63) is 45.2 Å². The first kappa shape index (κ1) is 21.0. The smallest absolute Gasteiger partial charge is 0.211 e. The van der Waals surface area contributed by atoms with Crippen molar-refractivity contribution < 1.29 is 23.7 Å². The third-order valence-corrected chi connectivity index (χ3v) is 4.91. The summed E-state index contributed by atoms with van der Waals surface area (Å²) in [6.45, 7) is 2.35. The van der Waals surface area contributed by atoms with E-state index in [1.807, 2.05) is 0 Å². The minimum Gasteiger partial charge on any atom is -0.497 e. The summed E-state index contributed by atoms with van der Waals surface area (Å²) in [5, 5.41) is 7.68. The molecule has 0 radical (unpaired) electrons. The molecule has 2 fully saturated rings. The van der Waals surface area contributed by atoms with E-state index in [1.54, 1.807) is 38.3 Å². The van der Waals surface area contributed by atoms with Crippen LogP contribution in [0.2, 0.25) is 0 Å². The van der Waals surface area contributed by atoms with Gasteiger partial charge in [-0.15, -0.1) is 0 Å². The zero-order chi connectivity index (χ0) is 20.6. The van der Waals surface area contributed by atoms with Gasteiger partial charge in [0.25, 0.3) is 0 Å². The summed E-state index contributed by atoms with van der Waals surface area (Å²) in [7, 11) is 1.57. The number of ether oxygens (including phenoxy) is 5. The number of azide groups is 2. The molecule has 2 aliphatic heterocycles. The van der Waals surface area contributed by atoms with Gasteiger partial charge in [0.15, 0.2) is 6.29 Å². The molecule has 0 aliphatic carbocycles. The number of nitrogens with zero attached hydrogens (tertiary/aromatic N) is 6. The van der Waals surface area contributed by atoms with E-state index in [4.69, 9.17) is 34.7 Å². The van der Waals surface area contributed by atoms with E-state index < -0.39 is 36.9 Å². The van der Waals surface area contributed by atoms with Crippen LogP contribution in [0.3, 0.4) is 0 Å². The number of benzene rings is 1. The Morgan fingerprint density at radius 1 is 1.03 bits per heavy atom. The fourth-order valence-electron chi connectivity index (χ4n) is 3.44. The Kier molecular flexibility index (Phi) is 7.40. The fraction of sp³-hybridized carbons (Fsp3) is 0.667. The summed E-state index contributed by atoms with van der Waals surface area (Å²) in [6, 6.07) is 5.36. The van der Waals surface area contributed by atoms with Crippen LogP contribution < -0.4 is 9.47 Å². The molecule has 3 rings (SSSR count). The molecule has 2 saturated heterocycles. The normalized spacial score (nSPS) is 31.8. The monoisotopic (exact) mass is 404 g/mol. The summed E-state index contributed by atoms with van der Waals surface area (Å²) in [5.41, 5.74) is 18.1. The molecule has 0 aromatic heterocycles. The van der Waals surface area contributed by atoms with E-state index in [9.17, 15) is 0 Å². The van der Waals surface area contributed by atoms with E-state index in [0.717, 1.165) is 12.8 Å². The van der Waals surface area contributed by atoms with Crippen LogP contribution in [-0.2, 0) is 14.2 Å². The summed E-state index contributed by atoms with van der Waals surface area (Å²) in [4.78, 5) is 5.84. The van der Waals surface area contributed by atoms with Gasteiger partial charge in [0, 0.05) is 16.4 Å². The van der Waals surface area contributed by atoms with Crippen molar-refractivity contribution in [3.63, 3.8) is 0 Å². The van der Waals surface area contributed by atoms with Crippen LogP contribution in [-0.4, -0.2) is 50.6 Å². The highest BCUT2D eigenvalue weighted by molar-refractivity contribution is 5.31. The van der Waals surface area contributed by atoms with E-state index in [2.05, 4.69) is 20.1 Å². The Balaban J connectivity index is 1.84. The summed E-state index contributed by atoms with van der Waals surface area (Å²) < 4.78 is 28.7. The van der Waals surface area contributed by atoms with Crippen molar-refractivity contribution in [2.75, 3.05) is 13.7 Å². The summed E-state index contributed by atoms with van der Waals surface area (Å²) >= 11 is 0. The van der Waals surface area contributed by atoms with Crippen LogP contribution in [0.15, 0.2) is 34.5 Å². The average molecular weight is 404 g/mol. The highest BCUT2D eigenvalue weighted by Crippen LogP contribution is 2.32. The van der Waals surface area contributed by atoms with Gasteiger partial charge in [-0.3, -0.25) is 0 Å². The number of hydrogen-bond acceptors (Lipinski definition) is 7. The van der Waals surface area contributed by atoms with Crippen molar-refractivity contribution in [3.8, 4) is 11.5 Å². The van der Waals surface area contributed by atoms with Gasteiger partial charge in [-0.05, 0) is 61.5 Å². The van der Waals surface area contributed by atoms with E-state index >= 15 is 0 Å². The van der Waals surface area contributed by atoms with E-state index in [0.29, 0.717) is 24.5 Å². The quantitative estimate of drug-likeness (QED) is 0.382. The third kappa shape index (κ3) is 5.23. The molecule has 0 bridgehead atoms. The van der Waals surface area contributed by atoms with Crippen LogP contribution in [0.5, 0.6) is 11.5 Å². The Hall–Kier alpha value is -2.68. The standard InChI is InChI=1S/C18H24N6O5/c1-11-15(21-23-19)17(29-14-5-3-4-10-26-14)16(22-24-20)18(27-11)28-13-8-6-12(25-2)7-9-13/h6-9,11,14-18H,3-5,10H2,1-2H3/t11-,14?,15+,16-,17+,18+/m1/s1. The molecular weight excluding hydrogens is 380 g/mol. The molecule has 0 amide bonds. The second kappa shape index (κ2) is 10.2. The lowest BCUT2D eigenvalue weighted by Crippen LogP contribution is -2.58. The maximum atomic E-state index is 9.12. The second-order valence-electron chi connectivity index (χ2n) is 6.79. The second-order valence-corrected chi connectivity index (χ2v) is 6.79. The van der Waals surface area contributed by atoms with E-state index in [-0.39, 0.29) is 0 Å². The number of hydrogen-bond donors (Lipinski definition) is 0. The van der Waals surface area contributed by atoms with E-state index in [1.165, 1.54) is 0 Å². The topological polar surface area (TPSA) is 144 Å². The largest absolute Gasteiger partial charge is 0.497 e. The molecule has 0 spiro atoms. The van der Waals surface area contributed by atoms with Crippen LogP contribution in [0, 0.1) is 0 Å². The Labute approximate surface area is 168 Å². The van der Waals surface area contributed by atoms with Gasteiger partial charge in [0.05, 0.1) is 25.4 Å². The zero-order valence-electron chi connectivity index (χ0n) is 16.3. The Morgan fingerprint density at radius 3 is 2.34 bits per heavy atom. The van der Waals surface area contributed by atoms with Crippen molar-refractivity contribution in [1.29, 1.82) is 0 Å². The predicted molar refractivity (Wildman–Crippen MR) is 102 cm³/mol. The summed E-state index contributed by atoms with van der Waals surface area (Å²) in [5.74, 6) is 1.19. The van der Waals surface area contributed by atoms with Crippen LogP contribution in [0.4, 0.5) is 0 Å². The molecule has 11 heteroatoms. The molecule has 1 unspecified atom stereocenters. The molecule has 2 heterocycles. The van der Waals surface area contributed by atoms with Gasteiger partial charge < -0.3 is 23.7 Å². The average Bonchev–Trinajstić information content (AvgIpc) is 2.74. The lowest BCUT2D eigenvalue weighted by Gasteiger charge is -2.43. The predicted octanol–water partition coefficient (Wildman–Crippen LogP) is 4.09. The molecule has 1 aromatic carbocycles. The van der Waals surface area contributed by atoms with Crippen LogP contribution >= 0.6 is 0 Å². The molecule has 11 nitrogen and oxygen atoms in total. The third-order valence-electron chi connectivity index (χ3n) is 4.91. The minimum absolute atomic E-state index is 0.464. The molecule has 1 aromatic rings. The van der Waals surface area contributed by atoms with Gasteiger partial charge in [0.2, 0.25) is 6.29 Å². The van der Waals surface area contributed by atoms with Crippen molar-refractivity contribution in [2.24, 2.45) is 10.2 Å². The molecule has 29 heavy (non-hydrogen) atoms. The first-order valence-corrected chi connectivity index (χ1v) is 9.48. The maximum Gasteiger partial charge on any atom is 0.211 e. The lowest BCUT2D eigenvalue weighted by atomic mass is 9.95. The SMILES string of the molecule is COc1ccc(O[C@@H]2O[C@H](C)[C@H](N=[N+]=[N-])[C@H](OC3CCCCO3)[C@H]2N=[N+]=[N-])cc1. The van der Waals surface area contributed by atoms with Gasteiger partial charge in [-0.25, -0.2) is 0 Å². The number of rotatable bonds is 7. The van der Waals surface area contributed by atoms with Crippen molar-refractivity contribution in [2.45, 2.75) is 63.1 Å². The van der Waals surface area contributed by atoms with Gasteiger partial charge in [0.1, 0.15) is 17.5 Å². The first-order chi connectivity index (χ1) is 14.2. The number of methoxy groups -OCH3 is 1. The molecule has 2 aliphatic rings. The van der Waals surface area contributed by atoms with Gasteiger partial charge >= 0.3 is 0 Å². The highest BCUT2D eigenvalue weighted by atomic mass is 16.7. The Bertz CT molecular complexity index is 759. The maximum absolute atomic E-state index is 9.12. The molecule has 0 N–H and O–H groups in total. The van der Waals surface area contributed by atoms with Crippen LogP contribution in [0.1, 0.15) is 26.2 Å². The molecule has 0 saturated carbocycles. The zero-order valence-corrected chi connectivity index (χ0v) is 16.3. The van der Waals surface area contributed by atoms with Gasteiger partial charge in [-0.1, -0.05) is 10.2 Å². The molecule has 156 valence electrons. The van der Waals surface area contributed by atoms with Gasteiger partial charge in [-0.2, -0.15) is 0 Å². The summed E-state index contributed by atoms with van der Waals surface area (Å²) in [6.07, 6.45) is -0.0199. The lowest BCUT2D eigenvalue weighted by molar-refractivity contribution is -0.250. The molecule has 6 atom stereocenters. The van der Waals surface area contributed by atoms with Crippen molar-refractivity contribution in [1.82, 2.24) is 0 Å². The minimum atomic E-state index is -0.923.